The molecule has 0 bridgehead atoms. The first-order valence-corrected chi connectivity index (χ1v) is 8.84. The van der Waals surface area contributed by atoms with Gasteiger partial charge in [-0.3, -0.25) is 9.59 Å². The third kappa shape index (κ3) is 3.66. The Hall–Kier alpha value is -1.75. The summed E-state index contributed by atoms with van der Waals surface area (Å²) in [5.41, 5.74) is 2.40. The van der Waals surface area contributed by atoms with E-state index < -0.39 is 0 Å². The van der Waals surface area contributed by atoms with Gasteiger partial charge in [0.05, 0.1) is 5.92 Å². The van der Waals surface area contributed by atoms with Crippen LogP contribution in [0.15, 0.2) is 18.2 Å². The van der Waals surface area contributed by atoms with Crippen LogP contribution in [0.5, 0.6) is 0 Å². The predicted molar refractivity (Wildman–Crippen MR) is 95.3 cm³/mol. The van der Waals surface area contributed by atoms with E-state index in [0.29, 0.717) is 25.4 Å². The fourth-order valence-electron chi connectivity index (χ4n) is 3.57. The van der Waals surface area contributed by atoms with Gasteiger partial charge in [-0.15, -0.1) is 0 Å². The van der Waals surface area contributed by atoms with E-state index in [2.05, 4.69) is 17.1 Å². The van der Waals surface area contributed by atoms with Gasteiger partial charge in [-0.25, -0.2) is 0 Å². The molecule has 1 aromatic rings. The van der Waals surface area contributed by atoms with Crippen molar-refractivity contribution in [3.63, 3.8) is 0 Å². The molecule has 6 heteroatoms. The molecule has 0 saturated carbocycles. The van der Waals surface area contributed by atoms with Crippen molar-refractivity contribution in [1.82, 2.24) is 10.2 Å². The summed E-state index contributed by atoms with van der Waals surface area (Å²) in [6, 6.07) is 5.96. The lowest BCUT2D eigenvalue weighted by molar-refractivity contribution is -0.128. The van der Waals surface area contributed by atoms with Crippen LogP contribution in [0.4, 0.5) is 5.69 Å². The summed E-state index contributed by atoms with van der Waals surface area (Å²) in [6.45, 7) is 5.19. The summed E-state index contributed by atoms with van der Waals surface area (Å²) < 4.78 is 0. The predicted octanol–water partition coefficient (Wildman–Crippen LogP) is 2.07. The quantitative estimate of drug-likeness (QED) is 0.905. The zero-order valence-electron chi connectivity index (χ0n) is 14.2. The minimum Gasteiger partial charge on any atom is -0.371 e. The van der Waals surface area contributed by atoms with Crippen LogP contribution in [0.1, 0.15) is 18.4 Å². The van der Waals surface area contributed by atoms with Crippen molar-refractivity contribution in [3.05, 3.63) is 28.8 Å². The molecule has 24 heavy (non-hydrogen) atoms. The maximum absolute atomic E-state index is 12.2. The van der Waals surface area contributed by atoms with Gasteiger partial charge in [0.1, 0.15) is 0 Å². The second-order valence-electron chi connectivity index (χ2n) is 6.95. The summed E-state index contributed by atoms with van der Waals surface area (Å²) in [5.74, 6) is 0.293. The Balaban J connectivity index is 1.51. The highest BCUT2D eigenvalue weighted by Gasteiger charge is 2.32. The number of likely N-dealkylation sites (tertiary alicyclic amines) is 1. The van der Waals surface area contributed by atoms with Crippen molar-refractivity contribution >= 4 is 29.1 Å². The largest absolute Gasteiger partial charge is 0.371 e. The van der Waals surface area contributed by atoms with E-state index in [4.69, 9.17) is 11.6 Å². The van der Waals surface area contributed by atoms with Crippen molar-refractivity contribution in [2.24, 2.45) is 11.8 Å². The van der Waals surface area contributed by atoms with Gasteiger partial charge in [-0.05, 0) is 37.0 Å². The second-order valence-corrected chi connectivity index (χ2v) is 7.39. The molecule has 3 rings (SSSR count). The Morgan fingerprint density at radius 1 is 1.38 bits per heavy atom. The van der Waals surface area contributed by atoms with Gasteiger partial charge < -0.3 is 15.1 Å². The minimum absolute atomic E-state index is 0.00471. The van der Waals surface area contributed by atoms with Gasteiger partial charge in [0.15, 0.2) is 0 Å². The lowest BCUT2D eigenvalue weighted by Gasteiger charge is -2.21. The number of hydrogen-bond acceptors (Lipinski definition) is 3. The molecular formula is C18H24ClN3O2. The van der Waals surface area contributed by atoms with Gasteiger partial charge in [-0.1, -0.05) is 17.7 Å². The van der Waals surface area contributed by atoms with Gasteiger partial charge in [0, 0.05) is 50.4 Å². The number of carbonyl (C=O) groups is 2. The lowest BCUT2D eigenvalue weighted by Crippen LogP contribution is -2.36. The van der Waals surface area contributed by atoms with E-state index in [1.165, 1.54) is 11.3 Å². The number of nitrogens with one attached hydrogen (secondary N) is 1. The molecule has 0 aromatic heterocycles. The third-order valence-electron chi connectivity index (χ3n) is 5.07. The highest BCUT2D eigenvalue weighted by Crippen LogP contribution is 2.29. The van der Waals surface area contributed by atoms with Crippen LogP contribution in [-0.2, 0) is 9.59 Å². The normalized spacial score (nSPS) is 23.9. The Morgan fingerprint density at radius 2 is 2.17 bits per heavy atom. The molecule has 0 radical (unpaired) electrons. The molecule has 2 heterocycles. The third-order valence-corrected chi connectivity index (χ3v) is 5.31. The van der Waals surface area contributed by atoms with Crippen molar-refractivity contribution in [1.29, 1.82) is 0 Å². The number of halogens is 1. The first-order valence-electron chi connectivity index (χ1n) is 8.47. The van der Waals surface area contributed by atoms with Crippen LogP contribution in [0.2, 0.25) is 5.02 Å². The maximum Gasteiger partial charge on any atom is 0.225 e. The molecule has 5 nitrogen and oxygen atoms in total. The standard InChI is InChI=1S/C18H24ClN3O2/c1-12-3-4-15(19)8-16(12)22-6-5-13(10-22)9-20-18(24)14-7-17(23)21(2)11-14/h3-4,8,13-14H,5-7,9-11H2,1-2H3,(H,20,24). The van der Waals surface area contributed by atoms with Gasteiger partial charge >= 0.3 is 0 Å². The van der Waals surface area contributed by atoms with Crippen molar-refractivity contribution < 1.29 is 9.59 Å². The number of carbonyl (C=O) groups excluding carboxylic acids is 2. The molecule has 2 fully saturated rings. The summed E-state index contributed by atoms with van der Waals surface area (Å²) in [6.07, 6.45) is 1.39. The molecule has 0 aliphatic carbocycles. The average molecular weight is 350 g/mol. The van der Waals surface area contributed by atoms with Crippen molar-refractivity contribution in [2.75, 3.05) is 38.1 Å². The fourth-order valence-corrected chi connectivity index (χ4v) is 3.74. The number of nitrogens with zero attached hydrogens (tertiary/aromatic N) is 2. The minimum atomic E-state index is -0.199. The number of anilines is 1. The number of benzene rings is 1. The van der Waals surface area contributed by atoms with Gasteiger partial charge in [-0.2, -0.15) is 0 Å². The lowest BCUT2D eigenvalue weighted by atomic mass is 10.1. The maximum atomic E-state index is 12.2. The molecule has 1 aromatic carbocycles. The Bertz CT molecular complexity index is 649. The Labute approximate surface area is 147 Å². The first kappa shape index (κ1) is 17.1. The summed E-state index contributed by atoms with van der Waals surface area (Å²) in [5, 5.41) is 3.79. The summed E-state index contributed by atoms with van der Waals surface area (Å²) in [4.78, 5) is 27.7. The molecule has 0 spiro atoms. The van der Waals surface area contributed by atoms with Crippen LogP contribution in [0, 0.1) is 18.8 Å². The summed E-state index contributed by atoms with van der Waals surface area (Å²) >= 11 is 6.12. The van der Waals surface area contributed by atoms with E-state index in [1.807, 2.05) is 18.2 Å². The highest BCUT2D eigenvalue weighted by atomic mass is 35.5. The average Bonchev–Trinajstić information content (AvgIpc) is 3.15. The number of hydrogen-bond donors (Lipinski definition) is 1. The van der Waals surface area contributed by atoms with Crippen LogP contribution in [0.25, 0.3) is 0 Å². The SMILES string of the molecule is Cc1ccc(Cl)cc1N1CCC(CNC(=O)C2CC(=O)N(C)C2)C1. The van der Waals surface area contributed by atoms with E-state index in [1.54, 1.807) is 11.9 Å². The van der Waals surface area contributed by atoms with Crippen molar-refractivity contribution in [3.8, 4) is 0 Å². The Kier molecular flexibility index (Phi) is 4.99. The van der Waals surface area contributed by atoms with E-state index >= 15 is 0 Å². The smallest absolute Gasteiger partial charge is 0.225 e. The van der Waals surface area contributed by atoms with Crippen molar-refractivity contribution in [2.45, 2.75) is 19.8 Å². The van der Waals surface area contributed by atoms with Crippen LogP contribution >= 0.6 is 11.6 Å². The van der Waals surface area contributed by atoms with E-state index in [0.717, 1.165) is 24.5 Å². The van der Waals surface area contributed by atoms with E-state index in [9.17, 15) is 9.59 Å². The number of aryl methyl sites for hydroxylation is 1. The second kappa shape index (κ2) is 7.01. The molecule has 2 saturated heterocycles. The number of amides is 2. The monoisotopic (exact) mass is 349 g/mol. The molecule has 2 aliphatic rings. The molecule has 130 valence electrons. The molecule has 2 aliphatic heterocycles. The molecule has 1 N–H and O–H groups in total. The highest BCUT2D eigenvalue weighted by molar-refractivity contribution is 6.30. The zero-order valence-corrected chi connectivity index (χ0v) is 15.0. The first-order chi connectivity index (χ1) is 11.4. The van der Waals surface area contributed by atoms with Gasteiger partial charge in [0.25, 0.3) is 0 Å². The van der Waals surface area contributed by atoms with Crippen LogP contribution in [0.3, 0.4) is 0 Å². The molecular weight excluding hydrogens is 326 g/mol. The van der Waals surface area contributed by atoms with Crippen LogP contribution in [-0.4, -0.2) is 49.9 Å². The molecule has 2 amide bonds. The summed E-state index contributed by atoms with van der Waals surface area (Å²) in [7, 11) is 1.75. The molecule has 2 atom stereocenters. The van der Waals surface area contributed by atoms with E-state index in [-0.39, 0.29) is 17.7 Å². The number of rotatable bonds is 4. The zero-order chi connectivity index (χ0) is 17.3. The van der Waals surface area contributed by atoms with Gasteiger partial charge in [0.2, 0.25) is 11.8 Å². The fraction of sp³-hybridized carbons (Fsp3) is 0.556. The topological polar surface area (TPSA) is 52.7 Å². The Morgan fingerprint density at radius 3 is 2.88 bits per heavy atom. The molecule has 2 unspecified atom stereocenters. The van der Waals surface area contributed by atoms with Crippen LogP contribution < -0.4 is 10.2 Å².